The smallest absolute Gasteiger partial charge is 0.302 e. The molecule has 0 aromatic carbocycles. The molecule has 1 saturated heterocycles. The van der Waals surface area contributed by atoms with E-state index in [1.165, 1.54) is 21.1 Å². The molecule has 6 atom stereocenters. The minimum Gasteiger partial charge on any atom is -0.461 e. The van der Waals surface area contributed by atoms with Crippen LogP contribution in [0.2, 0.25) is 18.1 Å². The van der Waals surface area contributed by atoms with Crippen LogP contribution in [0.1, 0.15) is 41.5 Å². The molecule has 8 nitrogen and oxygen atoms in total. The molecule has 1 fully saturated rings. The van der Waals surface area contributed by atoms with Crippen LogP contribution in [0, 0.1) is 0 Å². The fraction of sp³-hybridized carbons (Fsp3) is 0.857. The first-order chi connectivity index (χ1) is 13.6. The largest absolute Gasteiger partial charge is 0.461 e. The Kier molecular flexibility index (Phi) is 7.30. The standard InChI is InChI=1S/C21H38O8Si/c1-13(22)26-12-14-11-15(29-30(9,10)19(2,3)4)17-18(16(14)23)28-21(6,25-8)20(5,24-7)27-17/h11,15-18,23H,12H2,1-10H3/t15-,16-,17+,18+,20-,21-/m1/s1. The zero-order valence-electron chi connectivity index (χ0n) is 19.9. The van der Waals surface area contributed by atoms with Crippen molar-refractivity contribution >= 4 is 14.3 Å². The van der Waals surface area contributed by atoms with Gasteiger partial charge in [0.1, 0.15) is 24.9 Å². The molecule has 0 radical (unpaired) electrons. The van der Waals surface area contributed by atoms with Crippen LogP contribution in [-0.4, -0.2) is 76.2 Å². The first kappa shape index (κ1) is 25.4. The Labute approximate surface area is 180 Å². The predicted molar refractivity (Wildman–Crippen MR) is 113 cm³/mol. The maximum atomic E-state index is 11.3. The van der Waals surface area contributed by atoms with E-state index < -0.39 is 50.3 Å². The molecule has 1 heterocycles. The summed E-state index contributed by atoms with van der Waals surface area (Å²) in [6.45, 7) is 15.5. The molecular weight excluding hydrogens is 408 g/mol. The molecule has 0 aromatic heterocycles. The summed E-state index contributed by atoms with van der Waals surface area (Å²) in [4.78, 5) is 11.3. The van der Waals surface area contributed by atoms with E-state index in [4.69, 9.17) is 28.1 Å². The summed E-state index contributed by atoms with van der Waals surface area (Å²) in [6, 6.07) is 0. The number of carbonyl (C=O) groups is 1. The number of methoxy groups -OCH3 is 2. The summed E-state index contributed by atoms with van der Waals surface area (Å²) in [7, 11) is 0.808. The van der Waals surface area contributed by atoms with Crippen molar-refractivity contribution in [2.24, 2.45) is 0 Å². The van der Waals surface area contributed by atoms with E-state index in [9.17, 15) is 9.90 Å². The van der Waals surface area contributed by atoms with Gasteiger partial charge in [0.05, 0.1) is 6.10 Å². The van der Waals surface area contributed by atoms with Crippen LogP contribution in [0.4, 0.5) is 0 Å². The van der Waals surface area contributed by atoms with Gasteiger partial charge in [0.25, 0.3) is 0 Å². The normalized spacial score (nSPS) is 37.4. The van der Waals surface area contributed by atoms with E-state index in [1.54, 1.807) is 19.9 Å². The molecule has 0 aromatic rings. The lowest BCUT2D eigenvalue weighted by Gasteiger charge is -2.56. The Bertz CT molecular complexity index is 672. The van der Waals surface area contributed by atoms with Gasteiger partial charge < -0.3 is 33.2 Å². The van der Waals surface area contributed by atoms with E-state index in [-0.39, 0.29) is 11.6 Å². The average Bonchev–Trinajstić information content (AvgIpc) is 2.63. The van der Waals surface area contributed by atoms with Gasteiger partial charge >= 0.3 is 5.97 Å². The molecule has 1 N–H and O–H groups in total. The van der Waals surface area contributed by atoms with Crippen LogP contribution in [0.15, 0.2) is 11.6 Å². The highest BCUT2D eigenvalue weighted by atomic mass is 28.4. The summed E-state index contributed by atoms with van der Waals surface area (Å²) in [5.74, 6) is -2.92. The first-order valence-electron chi connectivity index (χ1n) is 10.3. The molecule has 30 heavy (non-hydrogen) atoms. The highest BCUT2D eigenvalue weighted by molar-refractivity contribution is 6.74. The third-order valence-corrected chi connectivity index (χ3v) is 11.2. The van der Waals surface area contributed by atoms with E-state index in [2.05, 4.69) is 33.9 Å². The highest BCUT2D eigenvalue weighted by Gasteiger charge is 2.61. The van der Waals surface area contributed by atoms with Crippen molar-refractivity contribution in [3.63, 3.8) is 0 Å². The third kappa shape index (κ3) is 4.67. The van der Waals surface area contributed by atoms with Gasteiger partial charge in [-0.3, -0.25) is 4.79 Å². The number of aliphatic hydroxyl groups excluding tert-OH is 1. The third-order valence-electron chi connectivity index (χ3n) is 6.72. The van der Waals surface area contributed by atoms with Gasteiger partial charge in [-0.25, -0.2) is 0 Å². The van der Waals surface area contributed by atoms with Crippen LogP contribution in [0.3, 0.4) is 0 Å². The summed E-state index contributed by atoms with van der Waals surface area (Å²) in [5.41, 5.74) is 0.512. The predicted octanol–water partition coefficient (Wildman–Crippen LogP) is 2.75. The summed E-state index contributed by atoms with van der Waals surface area (Å²) in [6.07, 6.45) is -1.19. The van der Waals surface area contributed by atoms with Crippen molar-refractivity contribution in [2.45, 2.75) is 95.7 Å². The first-order valence-corrected chi connectivity index (χ1v) is 13.2. The second-order valence-corrected chi connectivity index (χ2v) is 14.5. The van der Waals surface area contributed by atoms with Crippen LogP contribution >= 0.6 is 0 Å². The Morgan fingerprint density at radius 1 is 1.13 bits per heavy atom. The van der Waals surface area contributed by atoms with Gasteiger partial charge in [-0.05, 0) is 43.6 Å². The fourth-order valence-electron chi connectivity index (χ4n) is 3.38. The lowest BCUT2D eigenvalue weighted by Crippen LogP contribution is -2.70. The van der Waals surface area contributed by atoms with Crippen LogP contribution in [0.25, 0.3) is 0 Å². The van der Waals surface area contributed by atoms with Crippen molar-refractivity contribution in [3.8, 4) is 0 Å². The number of esters is 1. The Hall–Kier alpha value is -0.813. The van der Waals surface area contributed by atoms with Crippen molar-refractivity contribution < 1.29 is 38.0 Å². The Morgan fingerprint density at radius 2 is 1.63 bits per heavy atom. The molecule has 0 amide bonds. The molecular formula is C21H38O8Si. The van der Waals surface area contributed by atoms with Crippen molar-refractivity contribution in [3.05, 3.63) is 11.6 Å². The summed E-state index contributed by atoms with van der Waals surface area (Å²) in [5, 5.41) is 11.0. The Balaban J connectivity index is 2.48. The minimum absolute atomic E-state index is 0.0381. The molecule has 174 valence electrons. The van der Waals surface area contributed by atoms with Crippen LogP contribution < -0.4 is 0 Å². The van der Waals surface area contributed by atoms with E-state index in [1.807, 2.05) is 0 Å². The van der Waals surface area contributed by atoms with Crippen LogP contribution in [-0.2, 0) is 32.9 Å². The number of hydrogen-bond acceptors (Lipinski definition) is 8. The monoisotopic (exact) mass is 446 g/mol. The molecule has 1 aliphatic heterocycles. The van der Waals surface area contributed by atoms with Crippen molar-refractivity contribution in [2.75, 3.05) is 20.8 Å². The minimum atomic E-state index is -2.21. The number of ether oxygens (including phenoxy) is 5. The number of carbonyl (C=O) groups excluding carboxylic acids is 1. The molecule has 0 unspecified atom stereocenters. The van der Waals surface area contributed by atoms with Gasteiger partial charge in [-0.2, -0.15) is 0 Å². The maximum Gasteiger partial charge on any atom is 0.302 e. The number of aliphatic hydroxyl groups is 1. The van der Waals surface area contributed by atoms with Crippen LogP contribution in [0.5, 0.6) is 0 Å². The number of fused-ring (bicyclic) bond motifs is 1. The molecule has 2 rings (SSSR count). The zero-order valence-corrected chi connectivity index (χ0v) is 20.9. The SMILES string of the molecule is CO[C@]1(C)O[C@@H]2[C@@H](O[C@@]1(C)OC)[C@H](O[Si](C)(C)C(C)(C)C)C=C(COC(C)=O)[C@H]2O. The molecule has 0 bridgehead atoms. The molecule has 1 aliphatic carbocycles. The molecule has 9 heteroatoms. The zero-order chi connectivity index (χ0) is 23.1. The highest BCUT2D eigenvalue weighted by Crippen LogP contribution is 2.46. The second-order valence-electron chi connectivity index (χ2n) is 9.77. The lowest BCUT2D eigenvalue weighted by atomic mass is 9.87. The average molecular weight is 447 g/mol. The van der Waals surface area contributed by atoms with E-state index in [0.29, 0.717) is 5.57 Å². The van der Waals surface area contributed by atoms with Gasteiger partial charge in [0.15, 0.2) is 8.32 Å². The molecule has 0 saturated carbocycles. The Morgan fingerprint density at radius 3 is 2.07 bits per heavy atom. The lowest BCUT2D eigenvalue weighted by molar-refractivity contribution is -0.458. The molecule has 2 aliphatic rings. The quantitative estimate of drug-likeness (QED) is 0.378. The van der Waals surface area contributed by atoms with Gasteiger partial charge in [0, 0.05) is 21.1 Å². The fourth-order valence-corrected chi connectivity index (χ4v) is 4.62. The number of rotatable bonds is 6. The van der Waals surface area contributed by atoms with E-state index in [0.717, 1.165) is 0 Å². The topological polar surface area (TPSA) is 92.7 Å². The molecule has 0 spiro atoms. The van der Waals surface area contributed by atoms with Gasteiger partial charge in [0.2, 0.25) is 11.6 Å². The maximum absolute atomic E-state index is 11.3. The number of hydrogen-bond donors (Lipinski definition) is 1. The summed E-state index contributed by atoms with van der Waals surface area (Å²) >= 11 is 0. The van der Waals surface area contributed by atoms with Crippen molar-refractivity contribution in [1.82, 2.24) is 0 Å². The van der Waals surface area contributed by atoms with Gasteiger partial charge in [-0.15, -0.1) is 0 Å². The second kappa shape index (κ2) is 8.61. The van der Waals surface area contributed by atoms with E-state index >= 15 is 0 Å². The van der Waals surface area contributed by atoms with Crippen molar-refractivity contribution in [1.29, 1.82) is 0 Å². The summed E-state index contributed by atoms with van der Waals surface area (Å²) < 4.78 is 35.6. The van der Waals surface area contributed by atoms with Gasteiger partial charge in [-0.1, -0.05) is 20.8 Å².